The van der Waals surface area contributed by atoms with E-state index < -0.39 is 0 Å². The third kappa shape index (κ3) is 3.23. The maximum absolute atomic E-state index is 4.31. The lowest BCUT2D eigenvalue weighted by Gasteiger charge is -2.08. The van der Waals surface area contributed by atoms with Gasteiger partial charge in [-0.3, -0.25) is 0 Å². The summed E-state index contributed by atoms with van der Waals surface area (Å²) < 4.78 is 0.915. The normalized spacial score (nSPS) is 10.4. The minimum Gasteiger partial charge on any atom is -0.369 e. The molecule has 94 valence electrons. The van der Waals surface area contributed by atoms with E-state index in [1.807, 2.05) is 6.92 Å². The molecule has 2 aromatic rings. The molecule has 0 atom stereocenters. The van der Waals surface area contributed by atoms with E-state index in [1.54, 1.807) is 18.1 Å². The molecule has 0 fully saturated rings. The van der Waals surface area contributed by atoms with Crippen molar-refractivity contribution in [2.24, 2.45) is 0 Å². The van der Waals surface area contributed by atoms with Crippen LogP contribution < -0.4 is 5.32 Å². The number of aromatic nitrogens is 2. The van der Waals surface area contributed by atoms with Crippen molar-refractivity contribution in [1.82, 2.24) is 9.97 Å². The van der Waals surface area contributed by atoms with E-state index in [2.05, 4.69) is 62.4 Å². The van der Waals surface area contributed by atoms with Crippen molar-refractivity contribution in [3.05, 3.63) is 40.6 Å². The van der Waals surface area contributed by atoms with Crippen molar-refractivity contribution in [2.75, 3.05) is 11.9 Å². The van der Waals surface area contributed by atoms with Crippen LogP contribution in [0.2, 0.25) is 0 Å². The van der Waals surface area contributed by atoms with E-state index in [0.29, 0.717) is 0 Å². The maximum Gasteiger partial charge on any atom is 0.144 e. The van der Waals surface area contributed by atoms with Crippen LogP contribution in [0.25, 0.3) is 0 Å². The highest BCUT2D eigenvalue weighted by molar-refractivity contribution is 9.10. The van der Waals surface area contributed by atoms with Gasteiger partial charge in [0.1, 0.15) is 17.2 Å². The van der Waals surface area contributed by atoms with Gasteiger partial charge in [0, 0.05) is 11.4 Å². The first-order valence-electron chi connectivity index (χ1n) is 5.69. The van der Waals surface area contributed by atoms with Crippen molar-refractivity contribution in [3.63, 3.8) is 0 Å². The first kappa shape index (κ1) is 13.4. The fraction of sp³-hybridized carbons (Fsp3) is 0.231. The van der Waals surface area contributed by atoms with Crippen LogP contribution in [0.4, 0.5) is 5.82 Å². The van der Waals surface area contributed by atoms with E-state index in [9.17, 15) is 0 Å². The van der Waals surface area contributed by atoms with Gasteiger partial charge in [-0.25, -0.2) is 9.97 Å². The number of hydrogen-bond acceptors (Lipinski definition) is 4. The van der Waals surface area contributed by atoms with Gasteiger partial charge >= 0.3 is 0 Å². The first-order valence-corrected chi connectivity index (χ1v) is 7.30. The molecule has 0 aliphatic heterocycles. The number of aryl methyl sites for hydroxylation is 1. The summed E-state index contributed by atoms with van der Waals surface area (Å²) in [5, 5.41) is 4.12. The van der Waals surface area contributed by atoms with Gasteiger partial charge in [-0.2, -0.15) is 0 Å². The fourth-order valence-corrected chi connectivity index (χ4v) is 2.99. The van der Waals surface area contributed by atoms with Gasteiger partial charge < -0.3 is 5.32 Å². The van der Waals surface area contributed by atoms with Crippen molar-refractivity contribution in [3.8, 4) is 0 Å². The predicted octanol–water partition coefficient (Wildman–Crippen LogP) is 4.13. The van der Waals surface area contributed by atoms with Gasteiger partial charge in [0.15, 0.2) is 0 Å². The number of halogens is 1. The van der Waals surface area contributed by atoms with Crippen molar-refractivity contribution < 1.29 is 0 Å². The molecule has 1 aromatic heterocycles. The van der Waals surface area contributed by atoms with Gasteiger partial charge in [-0.05, 0) is 41.9 Å². The molecular weight excluding hydrogens is 310 g/mol. The average Bonchev–Trinajstić information content (AvgIpc) is 2.35. The Bertz CT molecular complexity index is 546. The highest BCUT2D eigenvalue weighted by Crippen LogP contribution is 2.34. The molecular formula is C13H14BrN3S. The zero-order valence-electron chi connectivity index (χ0n) is 10.3. The number of hydrogen-bond donors (Lipinski definition) is 1. The Hall–Kier alpha value is -1.07. The van der Waals surface area contributed by atoms with Gasteiger partial charge in [0.2, 0.25) is 0 Å². The highest BCUT2D eigenvalue weighted by atomic mass is 79.9. The van der Waals surface area contributed by atoms with Crippen molar-refractivity contribution >= 4 is 33.5 Å². The minimum absolute atomic E-state index is 0.836. The number of benzene rings is 1. The first-order chi connectivity index (χ1) is 8.70. The number of anilines is 1. The van der Waals surface area contributed by atoms with E-state index in [1.165, 1.54) is 10.5 Å². The van der Waals surface area contributed by atoms with Crippen molar-refractivity contribution in [1.29, 1.82) is 0 Å². The summed E-state index contributed by atoms with van der Waals surface area (Å²) in [5.41, 5.74) is 1.25. The Kier molecular flexibility index (Phi) is 4.60. The van der Waals surface area contributed by atoms with Crippen LogP contribution in [0, 0.1) is 6.92 Å². The largest absolute Gasteiger partial charge is 0.369 e. The summed E-state index contributed by atoms with van der Waals surface area (Å²) in [6.45, 7) is 4.97. The minimum atomic E-state index is 0.836. The molecule has 0 saturated heterocycles. The monoisotopic (exact) mass is 323 g/mol. The summed E-state index contributed by atoms with van der Waals surface area (Å²) in [6, 6.07) is 8.37. The Morgan fingerprint density at radius 3 is 2.89 bits per heavy atom. The van der Waals surface area contributed by atoms with Crippen LogP contribution in [0.15, 0.2) is 45.0 Å². The molecule has 0 amide bonds. The van der Waals surface area contributed by atoms with Crippen molar-refractivity contribution in [2.45, 2.75) is 23.8 Å². The lowest BCUT2D eigenvalue weighted by molar-refractivity contribution is 1.01. The van der Waals surface area contributed by atoms with Gasteiger partial charge in [-0.1, -0.05) is 29.5 Å². The van der Waals surface area contributed by atoms with Gasteiger partial charge in [0.05, 0.1) is 4.47 Å². The summed E-state index contributed by atoms with van der Waals surface area (Å²) in [6.07, 6.45) is 1.58. The standard InChI is InChI=1S/C13H14BrN3S/c1-3-15-12-11(14)13(17-8-16-12)18-10-6-4-5-9(2)7-10/h4-8H,3H2,1-2H3,(H,15,16,17). The quantitative estimate of drug-likeness (QED) is 0.858. The van der Waals surface area contributed by atoms with Crippen LogP contribution in [0.3, 0.4) is 0 Å². The second-order valence-electron chi connectivity index (χ2n) is 3.79. The molecule has 0 saturated carbocycles. The maximum atomic E-state index is 4.31. The smallest absolute Gasteiger partial charge is 0.144 e. The molecule has 1 N–H and O–H groups in total. The van der Waals surface area contributed by atoms with Crippen LogP contribution in [-0.2, 0) is 0 Å². The Labute approximate surface area is 120 Å². The predicted molar refractivity (Wildman–Crippen MR) is 79.2 cm³/mol. The summed E-state index contributed by atoms with van der Waals surface area (Å²) in [4.78, 5) is 9.69. The SMILES string of the molecule is CCNc1ncnc(Sc2cccc(C)c2)c1Br. The van der Waals surface area contributed by atoms with Crippen LogP contribution in [0.5, 0.6) is 0 Å². The molecule has 2 rings (SSSR count). The lowest BCUT2D eigenvalue weighted by atomic mass is 10.2. The molecule has 0 aliphatic carbocycles. The van der Waals surface area contributed by atoms with Gasteiger partial charge in [-0.15, -0.1) is 0 Å². The lowest BCUT2D eigenvalue weighted by Crippen LogP contribution is -2.01. The summed E-state index contributed by atoms with van der Waals surface area (Å²) >= 11 is 5.18. The summed E-state index contributed by atoms with van der Waals surface area (Å²) in [7, 11) is 0. The molecule has 0 bridgehead atoms. The third-order valence-electron chi connectivity index (χ3n) is 2.31. The second-order valence-corrected chi connectivity index (χ2v) is 5.65. The number of nitrogens with zero attached hydrogens (tertiary/aromatic N) is 2. The summed E-state index contributed by atoms with van der Waals surface area (Å²) in [5.74, 6) is 0.836. The molecule has 3 nitrogen and oxygen atoms in total. The molecule has 18 heavy (non-hydrogen) atoms. The molecule has 5 heteroatoms. The van der Waals surface area contributed by atoms with E-state index in [4.69, 9.17) is 0 Å². The van der Waals surface area contributed by atoms with E-state index in [0.717, 1.165) is 21.9 Å². The molecule has 0 radical (unpaired) electrons. The zero-order chi connectivity index (χ0) is 13.0. The zero-order valence-corrected chi connectivity index (χ0v) is 12.7. The third-order valence-corrected chi connectivity index (χ3v) is 4.31. The fourth-order valence-electron chi connectivity index (χ4n) is 1.51. The average molecular weight is 324 g/mol. The van der Waals surface area contributed by atoms with Gasteiger partial charge in [0.25, 0.3) is 0 Å². The number of nitrogens with one attached hydrogen (secondary N) is 1. The molecule has 0 aliphatic rings. The molecule has 1 heterocycles. The van der Waals surface area contributed by atoms with E-state index >= 15 is 0 Å². The van der Waals surface area contributed by atoms with E-state index in [-0.39, 0.29) is 0 Å². The Morgan fingerprint density at radius 1 is 1.33 bits per heavy atom. The van der Waals surface area contributed by atoms with Crippen LogP contribution in [0.1, 0.15) is 12.5 Å². The number of rotatable bonds is 4. The van der Waals surface area contributed by atoms with Crippen LogP contribution in [-0.4, -0.2) is 16.5 Å². The Balaban J connectivity index is 2.26. The Morgan fingerprint density at radius 2 is 2.17 bits per heavy atom. The highest BCUT2D eigenvalue weighted by Gasteiger charge is 2.09. The topological polar surface area (TPSA) is 37.8 Å². The molecule has 1 aromatic carbocycles. The van der Waals surface area contributed by atoms with Crippen LogP contribution >= 0.6 is 27.7 Å². The molecule has 0 unspecified atom stereocenters. The second kappa shape index (κ2) is 6.20. The molecule has 0 spiro atoms.